The number of benzene rings is 2. The minimum absolute atomic E-state index is 0.0650. The Bertz CT molecular complexity index is 1400. The molecule has 1 saturated heterocycles. The quantitative estimate of drug-likeness (QED) is 0.443. The van der Waals surface area contributed by atoms with Crippen LogP contribution in [0.3, 0.4) is 0 Å². The summed E-state index contributed by atoms with van der Waals surface area (Å²) in [5.41, 5.74) is 3.82. The molecule has 1 fully saturated rings. The summed E-state index contributed by atoms with van der Waals surface area (Å²) in [4.78, 5) is 24.5. The predicted molar refractivity (Wildman–Crippen MR) is 129 cm³/mol. The van der Waals surface area contributed by atoms with E-state index in [1.165, 1.54) is 0 Å². The number of hydrogen-bond donors (Lipinski definition) is 3. The van der Waals surface area contributed by atoms with E-state index in [1.807, 2.05) is 51.5 Å². The third-order valence-electron chi connectivity index (χ3n) is 6.45. The molecule has 1 amide bonds. The van der Waals surface area contributed by atoms with Gasteiger partial charge in [-0.3, -0.25) is 9.48 Å². The Morgan fingerprint density at radius 3 is 2.76 bits per heavy atom. The first kappa shape index (κ1) is 21.1. The lowest BCUT2D eigenvalue weighted by Crippen LogP contribution is -2.29. The minimum Gasteiger partial charge on any atom is -0.507 e. The highest BCUT2D eigenvalue weighted by atomic mass is 16.3. The summed E-state index contributed by atoms with van der Waals surface area (Å²) in [5, 5.41) is 22.9. The van der Waals surface area contributed by atoms with E-state index >= 15 is 0 Å². The van der Waals surface area contributed by atoms with Gasteiger partial charge < -0.3 is 20.6 Å². The van der Waals surface area contributed by atoms with E-state index in [4.69, 9.17) is 4.98 Å². The van der Waals surface area contributed by atoms with Crippen LogP contribution in [0.5, 0.6) is 5.75 Å². The Morgan fingerprint density at radius 1 is 1.21 bits per heavy atom. The molecule has 2 aromatic carbocycles. The van der Waals surface area contributed by atoms with E-state index in [9.17, 15) is 9.90 Å². The van der Waals surface area contributed by atoms with Crippen molar-refractivity contribution < 1.29 is 9.90 Å². The fourth-order valence-corrected chi connectivity index (χ4v) is 4.57. The van der Waals surface area contributed by atoms with Crippen LogP contribution < -0.4 is 15.5 Å². The number of aromatic hydroxyl groups is 1. The number of nitrogens with one attached hydrogen (secondary N) is 2. The summed E-state index contributed by atoms with van der Waals surface area (Å²) in [5.74, 6) is 0.0702. The monoisotopic (exact) mass is 445 g/mol. The van der Waals surface area contributed by atoms with Crippen LogP contribution in [0.2, 0.25) is 0 Å². The first-order valence-corrected chi connectivity index (χ1v) is 11.0. The molecule has 1 aliphatic heterocycles. The normalized spacial score (nSPS) is 16.1. The third kappa shape index (κ3) is 3.54. The Hall–Kier alpha value is -3.72. The van der Waals surface area contributed by atoms with Crippen molar-refractivity contribution in [3.8, 4) is 17.1 Å². The van der Waals surface area contributed by atoms with E-state index in [0.717, 1.165) is 36.1 Å². The van der Waals surface area contributed by atoms with Gasteiger partial charge >= 0.3 is 0 Å². The SMILES string of the molecule is CNC(=O)c1nc(-c2cc3cn(C)nc3c(C)c2O)nc2ccc(N3CC[C@@H](NC)C3)cc12. The highest BCUT2D eigenvalue weighted by Gasteiger charge is 2.24. The van der Waals surface area contributed by atoms with Crippen LogP contribution in [0.1, 0.15) is 22.5 Å². The summed E-state index contributed by atoms with van der Waals surface area (Å²) < 4.78 is 1.70. The summed E-state index contributed by atoms with van der Waals surface area (Å²) in [6.45, 7) is 3.67. The highest BCUT2D eigenvalue weighted by molar-refractivity contribution is 6.06. The molecule has 1 aliphatic rings. The number of phenolic OH excluding ortho intramolecular Hbond substituents is 1. The molecule has 1 atom stereocenters. The topological polar surface area (TPSA) is 108 Å². The van der Waals surface area contributed by atoms with Gasteiger partial charge in [-0.25, -0.2) is 9.97 Å². The van der Waals surface area contributed by atoms with E-state index in [1.54, 1.807) is 11.7 Å². The average molecular weight is 446 g/mol. The van der Waals surface area contributed by atoms with Crippen LogP contribution in [0.4, 0.5) is 5.69 Å². The molecule has 9 heteroatoms. The maximum atomic E-state index is 12.8. The van der Waals surface area contributed by atoms with Gasteiger partial charge in [-0.1, -0.05) is 0 Å². The number of anilines is 1. The fourth-order valence-electron chi connectivity index (χ4n) is 4.57. The van der Waals surface area contributed by atoms with Gasteiger partial charge in [0, 0.05) is 61.4 Å². The van der Waals surface area contributed by atoms with Crippen molar-refractivity contribution in [3.05, 3.63) is 41.7 Å². The second kappa shape index (κ2) is 8.00. The van der Waals surface area contributed by atoms with Crippen LogP contribution >= 0.6 is 0 Å². The van der Waals surface area contributed by atoms with Gasteiger partial charge in [0.05, 0.1) is 16.6 Å². The van der Waals surface area contributed by atoms with Gasteiger partial charge in [-0.15, -0.1) is 0 Å². The zero-order valence-electron chi connectivity index (χ0n) is 19.2. The first-order chi connectivity index (χ1) is 15.9. The Balaban J connectivity index is 1.67. The lowest BCUT2D eigenvalue weighted by Gasteiger charge is -2.19. The van der Waals surface area contributed by atoms with Crippen molar-refractivity contribution in [3.63, 3.8) is 0 Å². The van der Waals surface area contributed by atoms with E-state index in [2.05, 4.69) is 25.6 Å². The number of nitrogens with zero attached hydrogens (tertiary/aromatic N) is 5. The van der Waals surface area contributed by atoms with Crippen molar-refractivity contribution in [2.24, 2.45) is 7.05 Å². The molecule has 5 rings (SSSR count). The number of hydrogen-bond acceptors (Lipinski definition) is 7. The zero-order valence-corrected chi connectivity index (χ0v) is 19.2. The van der Waals surface area contributed by atoms with Crippen LogP contribution in [-0.2, 0) is 7.05 Å². The number of phenols is 1. The minimum atomic E-state index is -0.297. The van der Waals surface area contributed by atoms with Crippen molar-refractivity contribution >= 4 is 33.4 Å². The molecule has 170 valence electrons. The molecule has 0 spiro atoms. The lowest BCUT2D eigenvalue weighted by atomic mass is 10.0. The van der Waals surface area contributed by atoms with Crippen molar-refractivity contribution in [2.45, 2.75) is 19.4 Å². The summed E-state index contributed by atoms with van der Waals surface area (Å²) in [6.07, 6.45) is 2.95. The Morgan fingerprint density at radius 2 is 2.03 bits per heavy atom. The van der Waals surface area contributed by atoms with Crippen LogP contribution in [0.25, 0.3) is 33.2 Å². The molecule has 2 aromatic heterocycles. The Kier molecular flexibility index (Phi) is 5.13. The molecular formula is C24H27N7O2. The van der Waals surface area contributed by atoms with Gasteiger partial charge in [0.1, 0.15) is 11.4 Å². The molecule has 3 N–H and O–H groups in total. The second-order valence-corrected chi connectivity index (χ2v) is 8.54. The number of rotatable bonds is 4. The molecule has 3 heterocycles. The van der Waals surface area contributed by atoms with Gasteiger partial charge in [0.2, 0.25) is 0 Å². The lowest BCUT2D eigenvalue weighted by molar-refractivity contribution is 0.0960. The number of amides is 1. The van der Waals surface area contributed by atoms with Gasteiger partial charge in [0.25, 0.3) is 5.91 Å². The second-order valence-electron chi connectivity index (χ2n) is 8.54. The smallest absolute Gasteiger partial charge is 0.270 e. The number of carbonyl (C=O) groups excluding carboxylic acids is 1. The van der Waals surface area contributed by atoms with Crippen LogP contribution in [-0.4, -0.2) is 64.0 Å². The number of aromatic nitrogens is 4. The first-order valence-electron chi connectivity index (χ1n) is 11.0. The molecule has 4 aromatic rings. The molecule has 0 radical (unpaired) electrons. The number of carbonyl (C=O) groups is 1. The maximum absolute atomic E-state index is 12.8. The van der Waals surface area contributed by atoms with E-state index < -0.39 is 0 Å². The van der Waals surface area contributed by atoms with Crippen LogP contribution in [0, 0.1) is 6.92 Å². The van der Waals surface area contributed by atoms with Crippen molar-refractivity contribution in [1.29, 1.82) is 0 Å². The predicted octanol–water partition coefficient (Wildman–Crippen LogP) is 2.36. The van der Waals surface area contributed by atoms with Gasteiger partial charge in [0.15, 0.2) is 5.82 Å². The number of likely N-dealkylation sites (N-methyl/N-ethyl adjacent to an activating group) is 1. The fraction of sp³-hybridized carbons (Fsp3) is 0.333. The van der Waals surface area contributed by atoms with Crippen LogP contribution in [0.15, 0.2) is 30.5 Å². The molecule has 33 heavy (non-hydrogen) atoms. The summed E-state index contributed by atoms with van der Waals surface area (Å²) in [7, 11) is 5.40. The molecular weight excluding hydrogens is 418 g/mol. The largest absolute Gasteiger partial charge is 0.507 e. The molecule has 0 unspecified atom stereocenters. The zero-order chi connectivity index (χ0) is 23.3. The number of aryl methyl sites for hydroxylation is 2. The van der Waals surface area contributed by atoms with Crippen molar-refractivity contribution in [2.75, 3.05) is 32.1 Å². The molecule has 0 saturated carbocycles. The highest BCUT2D eigenvalue weighted by Crippen LogP contribution is 2.36. The van der Waals surface area contributed by atoms with E-state index in [0.29, 0.717) is 33.9 Å². The average Bonchev–Trinajstić information content (AvgIpc) is 3.46. The van der Waals surface area contributed by atoms with E-state index in [-0.39, 0.29) is 17.4 Å². The van der Waals surface area contributed by atoms with Gasteiger partial charge in [-0.2, -0.15) is 5.10 Å². The summed E-state index contributed by atoms with van der Waals surface area (Å²) in [6, 6.07) is 8.20. The van der Waals surface area contributed by atoms with Gasteiger partial charge in [-0.05, 0) is 44.7 Å². The summed E-state index contributed by atoms with van der Waals surface area (Å²) >= 11 is 0. The number of fused-ring (bicyclic) bond motifs is 2. The van der Waals surface area contributed by atoms with Crippen molar-refractivity contribution in [1.82, 2.24) is 30.4 Å². The third-order valence-corrected chi connectivity index (χ3v) is 6.45. The molecule has 0 bridgehead atoms. The molecule has 0 aliphatic carbocycles. The Labute approximate surface area is 191 Å². The maximum Gasteiger partial charge on any atom is 0.270 e. The molecule has 9 nitrogen and oxygen atoms in total. The standard InChI is InChI=1S/C24H27N7O2/c1-13-20-14(11-30(4)29-20)9-18(22(13)32)23-27-19-6-5-16(31-8-7-15(12-31)25-2)10-17(19)21(28-23)24(33)26-3/h5-6,9-11,15,25,32H,7-8,12H2,1-4H3,(H,26,33)/t15-/m1/s1.